The average molecular weight is 205 g/mol. The highest BCUT2D eigenvalue weighted by molar-refractivity contribution is 5.40. The maximum Gasteiger partial charge on any atom is 0.122 e. The Bertz CT molecular complexity index is 335. The second kappa shape index (κ2) is 4.23. The highest BCUT2D eigenvalue weighted by atomic mass is 16.5. The quantitative estimate of drug-likeness (QED) is 0.819. The molecule has 2 nitrogen and oxygen atoms in total. The lowest BCUT2D eigenvalue weighted by Crippen LogP contribution is -2.18. The third kappa shape index (κ3) is 2.15. The van der Waals surface area contributed by atoms with Gasteiger partial charge in [-0.05, 0) is 43.7 Å². The van der Waals surface area contributed by atoms with Crippen LogP contribution in [-0.2, 0) is 0 Å². The molecule has 0 aromatic heterocycles. The molecule has 1 aromatic rings. The van der Waals surface area contributed by atoms with Gasteiger partial charge in [-0.25, -0.2) is 0 Å². The molecule has 2 rings (SSSR count). The Morgan fingerprint density at radius 1 is 1.47 bits per heavy atom. The largest absolute Gasteiger partial charge is 0.494 e. The molecule has 1 fully saturated rings. The van der Waals surface area contributed by atoms with E-state index in [-0.39, 0.29) is 0 Å². The summed E-state index contributed by atoms with van der Waals surface area (Å²) in [6, 6.07) is 8.62. The summed E-state index contributed by atoms with van der Waals surface area (Å²) < 4.78 is 5.63. The van der Waals surface area contributed by atoms with Gasteiger partial charge in [0, 0.05) is 6.04 Å². The van der Waals surface area contributed by atoms with Gasteiger partial charge in [-0.3, -0.25) is 0 Å². The third-order valence-corrected chi connectivity index (χ3v) is 3.13. The van der Waals surface area contributed by atoms with E-state index >= 15 is 0 Å². The molecule has 0 amide bonds. The van der Waals surface area contributed by atoms with E-state index in [0.717, 1.165) is 12.4 Å². The summed E-state index contributed by atoms with van der Waals surface area (Å²) in [7, 11) is 0. The molecule has 0 spiro atoms. The van der Waals surface area contributed by atoms with Crippen LogP contribution >= 0.6 is 0 Å². The minimum atomic E-state index is 0.296. The zero-order valence-electron chi connectivity index (χ0n) is 9.44. The fourth-order valence-corrected chi connectivity index (χ4v) is 2.23. The Labute approximate surface area is 91.4 Å². The molecule has 0 saturated heterocycles. The van der Waals surface area contributed by atoms with Crippen LogP contribution in [0, 0.1) is 5.92 Å². The molecule has 0 bridgehead atoms. The molecule has 2 N–H and O–H groups in total. The topological polar surface area (TPSA) is 35.2 Å². The molecule has 1 saturated carbocycles. The van der Waals surface area contributed by atoms with E-state index in [0.29, 0.717) is 17.9 Å². The van der Waals surface area contributed by atoms with Gasteiger partial charge in [-0.2, -0.15) is 0 Å². The summed E-state index contributed by atoms with van der Waals surface area (Å²) in [5.41, 5.74) is 7.24. The van der Waals surface area contributed by atoms with Crippen LogP contribution < -0.4 is 10.5 Å². The predicted octanol–water partition coefficient (Wildman–Crippen LogP) is 2.54. The van der Waals surface area contributed by atoms with Gasteiger partial charge in [0.25, 0.3) is 0 Å². The van der Waals surface area contributed by atoms with Crippen molar-refractivity contribution in [3.05, 3.63) is 29.8 Å². The van der Waals surface area contributed by atoms with Crippen LogP contribution in [-0.4, -0.2) is 12.6 Å². The van der Waals surface area contributed by atoms with E-state index in [9.17, 15) is 0 Å². The molecule has 2 heteroatoms. The minimum absolute atomic E-state index is 0.296. The lowest BCUT2D eigenvalue weighted by molar-refractivity contribution is 0.336. The smallest absolute Gasteiger partial charge is 0.122 e. The Balaban J connectivity index is 2.15. The second-order valence-electron chi connectivity index (χ2n) is 4.34. The number of para-hydroxylation sites is 1. The second-order valence-corrected chi connectivity index (χ2v) is 4.34. The first-order valence-corrected chi connectivity index (χ1v) is 5.71. The van der Waals surface area contributed by atoms with Crippen molar-refractivity contribution in [2.75, 3.05) is 6.61 Å². The van der Waals surface area contributed by atoms with Crippen molar-refractivity contribution in [2.24, 2.45) is 11.7 Å². The van der Waals surface area contributed by atoms with Crippen LogP contribution in [0.4, 0.5) is 0 Å². The Kier molecular flexibility index (Phi) is 2.96. The normalized spacial score (nSPS) is 26.1. The van der Waals surface area contributed by atoms with Crippen LogP contribution in [0.2, 0.25) is 0 Å². The Morgan fingerprint density at radius 3 is 2.80 bits per heavy atom. The molecule has 15 heavy (non-hydrogen) atoms. The molecule has 0 radical (unpaired) electrons. The number of rotatable bonds is 4. The van der Waals surface area contributed by atoms with Gasteiger partial charge in [0.15, 0.2) is 0 Å². The van der Waals surface area contributed by atoms with Gasteiger partial charge >= 0.3 is 0 Å². The van der Waals surface area contributed by atoms with Crippen LogP contribution in [0.5, 0.6) is 5.75 Å². The molecule has 1 aliphatic carbocycles. The van der Waals surface area contributed by atoms with Crippen LogP contribution in [0.25, 0.3) is 0 Å². The summed E-state index contributed by atoms with van der Waals surface area (Å²) in [6.07, 6.45) is 1.21. The monoisotopic (exact) mass is 205 g/mol. The predicted molar refractivity (Wildman–Crippen MR) is 62.1 cm³/mol. The van der Waals surface area contributed by atoms with Crippen molar-refractivity contribution in [3.63, 3.8) is 0 Å². The van der Waals surface area contributed by atoms with Crippen molar-refractivity contribution in [2.45, 2.75) is 32.2 Å². The first-order chi connectivity index (χ1) is 7.24. The van der Waals surface area contributed by atoms with Gasteiger partial charge in [0.1, 0.15) is 5.75 Å². The van der Waals surface area contributed by atoms with Crippen LogP contribution in [0.15, 0.2) is 24.3 Å². The molecule has 82 valence electrons. The maximum absolute atomic E-state index is 5.91. The average Bonchev–Trinajstić information content (AvgIpc) is 2.99. The Morgan fingerprint density at radius 2 is 2.20 bits per heavy atom. The first kappa shape index (κ1) is 10.5. The fourth-order valence-electron chi connectivity index (χ4n) is 2.23. The van der Waals surface area contributed by atoms with E-state index in [1.807, 2.05) is 13.0 Å². The lowest BCUT2D eigenvalue weighted by atomic mass is 10.1. The van der Waals surface area contributed by atoms with Gasteiger partial charge in [-0.15, -0.1) is 0 Å². The summed E-state index contributed by atoms with van der Waals surface area (Å²) in [6.45, 7) is 4.84. The number of hydrogen-bond acceptors (Lipinski definition) is 2. The summed E-state index contributed by atoms with van der Waals surface area (Å²) in [4.78, 5) is 0. The van der Waals surface area contributed by atoms with E-state index in [1.165, 1.54) is 12.0 Å². The number of benzene rings is 1. The van der Waals surface area contributed by atoms with E-state index in [1.54, 1.807) is 0 Å². The van der Waals surface area contributed by atoms with Gasteiger partial charge in [0.2, 0.25) is 0 Å². The number of hydrogen-bond donors (Lipinski definition) is 1. The highest BCUT2D eigenvalue weighted by Gasteiger charge is 2.42. The zero-order chi connectivity index (χ0) is 10.8. The van der Waals surface area contributed by atoms with Crippen molar-refractivity contribution < 1.29 is 4.74 Å². The van der Waals surface area contributed by atoms with Crippen LogP contribution in [0.3, 0.4) is 0 Å². The molecule has 3 atom stereocenters. The van der Waals surface area contributed by atoms with Crippen molar-refractivity contribution in [1.29, 1.82) is 0 Å². The zero-order valence-corrected chi connectivity index (χ0v) is 9.44. The van der Waals surface area contributed by atoms with Crippen molar-refractivity contribution in [3.8, 4) is 5.75 Å². The summed E-state index contributed by atoms with van der Waals surface area (Å²) >= 11 is 0. The van der Waals surface area contributed by atoms with E-state index in [2.05, 4.69) is 25.1 Å². The van der Waals surface area contributed by atoms with Gasteiger partial charge < -0.3 is 10.5 Å². The molecular formula is C13H19NO. The molecule has 1 aliphatic rings. The highest BCUT2D eigenvalue weighted by Crippen LogP contribution is 2.51. The van der Waals surface area contributed by atoms with Crippen molar-refractivity contribution in [1.82, 2.24) is 0 Å². The summed E-state index contributed by atoms with van der Waals surface area (Å²) in [5.74, 6) is 2.30. The molecule has 0 aliphatic heterocycles. The maximum atomic E-state index is 5.91. The van der Waals surface area contributed by atoms with E-state index < -0.39 is 0 Å². The van der Waals surface area contributed by atoms with E-state index in [4.69, 9.17) is 10.5 Å². The van der Waals surface area contributed by atoms with Crippen molar-refractivity contribution >= 4 is 0 Å². The Hall–Kier alpha value is -1.02. The SMILES string of the molecule is CCOc1ccccc1[C@@H]1C[C@@H]1[C@@H](C)N. The lowest BCUT2D eigenvalue weighted by Gasteiger charge is -2.10. The standard InChI is InChI=1S/C13H19NO/c1-3-15-13-7-5-4-6-10(13)12-8-11(12)9(2)14/h4-7,9,11-12H,3,8,14H2,1-2H3/t9-,11-,12+/m1/s1. The first-order valence-electron chi connectivity index (χ1n) is 5.71. The molecule has 1 aromatic carbocycles. The van der Waals surface area contributed by atoms with Crippen LogP contribution in [0.1, 0.15) is 31.7 Å². The summed E-state index contributed by atoms with van der Waals surface area (Å²) in [5, 5.41) is 0. The molecule has 0 heterocycles. The molecule has 0 unspecified atom stereocenters. The minimum Gasteiger partial charge on any atom is -0.494 e. The number of nitrogens with two attached hydrogens (primary N) is 1. The third-order valence-electron chi connectivity index (χ3n) is 3.13. The molecular weight excluding hydrogens is 186 g/mol. The van der Waals surface area contributed by atoms with Gasteiger partial charge in [0.05, 0.1) is 6.61 Å². The van der Waals surface area contributed by atoms with Gasteiger partial charge in [-0.1, -0.05) is 18.2 Å². The fraction of sp³-hybridized carbons (Fsp3) is 0.538. The number of ether oxygens (including phenoxy) is 1.